The van der Waals surface area contributed by atoms with Crippen molar-refractivity contribution in [3.63, 3.8) is 0 Å². The summed E-state index contributed by atoms with van der Waals surface area (Å²) >= 11 is 12.0. The largest absolute Gasteiger partial charge is 0.353 e. The summed E-state index contributed by atoms with van der Waals surface area (Å²) in [6.07, 6.45) is -0.187. The lowest BCUT2D eigenvalue weighted by molar-refractivity contribution is -0.131. The lowest BCUT2D eigenvalue weighted by Gasteiger charge is -2.34. The zero-order chi connectivity index (χ0) is 19.4. The van der Waals surface area contributed by atoms with Crippen LogP contribution in [-0.4, -0.2) is 41.8 Å². The Hall–Kier alpha value is -2.57. The van der Waals surface area contributed by atoms with Crippen LogP contribution in [0.4, 0.5) is 5.69 Å². The number of hydrogen-bond acceptors (Lipinski definition) is 3. The zero-order valence-electron chi connectivity index (χ0n) is 14.2. The number of halogens is 2. The average molecular weight is 406 g/mol. The van der Waals surface area contributed by atoms with Gasteiger partial charge >= 0.3 is 0 Å². The summed E-state index contributed by atoms with van der Waals surface area (Å²) in [6.45, 7) is 0.672. The van der Waals surface area contributed by atoms with Gasteiger partial charge in [-0.15, -0.1) is 0 Å². The molecule has 1 atom stereocenters. The minimum Gasteiger partial charge on any atom is -0.353 e. The number of carbonyl (C=O) groups is 3. The van der Waals surface area contributed by atoms with Crippen LogP contribution in [0.2, 0.25) is 10.0 Å². The molecule has 27 heavy (non-hydrogen) atoms. The van der Waals surface area contributed by atoms with E-state index in [9.17, 15) is 14.4 Å². The summed E-state index contributed by atoms with van der Waals surface area (Å²) in [6, 6.07) is 12.5. The number of anilines is 1. The van der Waals surface area contributed by atoms with Crippen LogP contribution >= 0.6 is 23.2 Å². The second kappa shape index (κ2) is 8.41. The van der Waals surface area contributed by atoms with E-state index in [4.69, 9.17) is 23.2 Å². The van der Waals surface area contributed by atoms with Crippen molar-refractivity contribution in [1.29, 1.82) is 0 Å². The third-order valence-electron chi connectivity index (χ3n) is 4.19. The fourth-order valence-corrected chi connectivity index (χ4v) is 3.21. The first-order valence-corrected chi connectivity index (χ1v) is 9.10. The predicted molar refractivity (Wildman–Crippen MR) is 104 cm³/mol. The summed E-state index contributed by atoms with van der Waals surface area (Å²) in [5.74, 6) is -1.09. The van der Waals surface area contributed by atoms with Gasteiger partial charge in [0.15, 0.2) is 0 Å². The van der Waals surface area contributed by atoms with E-state index >= 15 is 0 Å². The minimum absolute atomic E-state index is 0.187. The second-order valence-corrected chi connectivity index (χ2v) is 6.89. The van der Waals surface area contributed by atoms with E-state index < -0.39 is 11.9 Å². The Morgan fingerprint density at radius 1 is 1.15 bits per heavy atom. The maximum absolute atomic E-state index is 12.8. The molecule has 2 N–H and O–H groups in total. The van der Waals surface area contributed by atoms with Gasteiger partial charge in [-0.2, -0.15) is 0 Å². The quantitative estimate of drug-likeness (QED) is 0.820. The predicted octanol–water partition coefficient (Wildman–Crippen LogP) is 2.96. The number of benzene rings is 2. The van der Waals surface area contributed by atoms with Crippen LogP contribution in [-0.2, 0) is 9.59 Å². The van der Waals surface area contributed by atoms with Crippen molar-refractivity contribution in [2.45, 2.75) is 12.5 Å². The normalized spacial score (nSPS) is 16.6. The van der Waals surface area contributed by atoms with Crippen molar-refractivity contribution < 1.29 is 14.4 Å². The number of hydrogen-bond donors (Lipinski definition) is 2. The number of piperazine rings is 1. The topological polar surface area (TPSA) is 78.5 Å². The molecule has 0 unspecified atom stereocenters. The molecule has 1 saturated heterocycles. The summed E-state index contributed by atoms with van der Waals surface area (Å²) in [5, 5.41) is 6.10. The first kappa shape index (κ1) is 19.2. The molecule has 0 saturated carbocycles. The van der Waals surface area contributed by atoms with Gasteiger partial charge in [0.05, 0.1) is 17.1 Å². The molecule has 0 spiro atoms. The molecule has 6 nitrogen and oxygen atoms in total. The number of rotatable bonds is 4. The van der Waals surface area contributed by atoms with E-state index in [1.165, 1.54) is 11.0 Å². The third-order valence-corrected chi connectivity index (χ3v) is 4.76. The van der Waals surface area contributed by atoms with Gasteiger partial charge in [0.2, 0.25) is 11.8 Å². The highest BCUT2D eigenvalue weighted by atomic mass is 35.5. The molecule has 1 heterocycles. The van der Waals surface area contributed by atoms with E-state index in [1.54, 1.807) is 42.5 Å². The first-order chi connectivity index (χ1) is 13.0. The van der Waals surface area contributed by atoms with E-state index in [0.29, 0.717) is 34.4 Å². The molecule has 2 aromatic rings. The molecule has 1 fully saturated rings. The monoisotopic (exact) mass is 405 g/mol. The minimum atomic E-state index is -0.899. The Kier molecular flexibility index (Phi) is 5.98. The van der Waals surface area contributed by atoms with Gasteiger partial charge in [-0.3, -0.25) is 14.4 Å². The van der Waals surface area contributed by atoms with Crippen LogP contribution in [0, 0.1) is 0 Å². The Morgan fingerprint density at radius 2 is 1.89 bits per heavy atom. The Bertz CT molecular complexity index is 874. The van der Waals surface area contributed by atoms with Gasteiger partial charge in [0.25, 0.3) is 5.91 Å². The second-order valence-electron chi connectivity index (χ2n) is 6.05. The fourth-order valence-electron chi connectivity index (χ4n) is 2.88. The SMILES string of the molecule is O=C(C[C@H]1C(=O)NCCN1C(=O)c1ccccc1)Nc1cc(Cl)ccc1Cl. The van der Waals surface area contributed by atoms with Crippen LogP contribution in [0.25, 0.3) is 0 Å². The Balaban J connectivity index is 1.75. The van der Waals surface area contributed by atoms with Gasteiger partial charge in [-0.25, -0.2) is 0 Å². The third kappa shape index (κ3) is 4.59. The molecule has 2 aromatic carbocycles. The molecule has 140 valence electrons. The summed E-state index contributed by atoms with van der Waals surface area (Å²) in [4.78, 5) is 39.0. The van der Waals surface area contributed by atoms with Crippen LogP contribution in [0.3, 0.4) is 0 Å². The lowest BCUT2D eigenvalue weighted by atomic mass is 10.1. The molecule has 0 bridgehead atoms. The van der Waals surface area contributed by atoms with E-state index in [-0.39, 0.29) is 18.2 Å². The maximum Gasteiger partial charge on any atom is 0.254 e. The maximum atomic E-state index is 12.8. The highest BCUT2D eigenvalue weighted by Gasteiger charge is 2.35. The molecule has 1 aliphatic rings. The Morgan fingerprint density at radius 3 is 2.63 bits per heavy atom. The number of amides is 3. The highest BCUT2D eigenvalue weighted by molar-refractivity contribution is 6.35. The van der Waals surface area contributed by atoms with Gasteiger partial charge in [-0.1, -0.05) is 41.4 Å². The summed E-state index contributed by atoms with van der Waals surface area (Å²) in [5.41, 5.74) is 0.821. The lowest BCUT2D eigenvalue weighted by Crippen LogP contribution is -2.58. The summed E-state index contributed by atoms with van der Waals surface area (Å²) < 4.78 is 0. The van der Waals surface area contributed by atoms with Crippen molar-refractivity contribution in [2.75, 3.05) is 18.4 Å². The molecule has 0 aromatic heterocycles. The molecular formula is C19H17Cl2N3O3. The van der Waals surface area contributed by atoms with Gasteiger partial charge < -0.3 is 15.5 Å². The molecule has 0 radical (unpaired) electrons. The van der Waals surface area contributed by atoms with Crippen LogP contribution in [0.1, 0.15) is 16.8 Å². The number of nitrogens with one attached hydrogen (secondary N) is 2. The molecule has 1 aliphatic heterocycles. The average Bonchev–Trinajstić information content (AvgIpc) is 2.66. The van der Waals surface area contributed by atoms with Crippen molar-refractivity contribution in [1.82, 2.24) is 10.2 Å². The van der Waals surface area contributed by atoms with Gasteiger partial charge in [-0.05, 0) is 30.3 Å². The molecule has 3 amide bonds. The zero-order valence-corrected chi connectivity index (χ0v) is 15.8. The first-order valence-electron chi connectivity index (χ1n) is 8.34. The smallest absolute Gasteiger partial charge is 0.254 e. The van der Waals surface area contributed by atoms with Crippen LogP contribution in [0.15, 0.2) is 48.5 Å². The van der Waals surface area contributed by atoms with E-state index in [1.807, 2.05) is 0 Å². The highest BCUT2D eigenvalue weighted by Crippen LogP contribution is 2.26. The molecule has 3 rings (SSSR count). The van der Waals surface area contributed by atoms with Gasteiger partial charge in [0, 0.05) is 23.7 Å². The van der Waals surface area contributed by atoms with Crippen LogP contribution in [0.5, 0.6) is 0 Å². The van der Waals surface area contributed by atoms with Crippen molar-refractivity contribution in [2.24, 2.45) is 0 Å². The van der Waals surface area contributed by atoms with Crippen molar-refractivity contribution in [3.05, 3.63) is 64.1 Å². The number of carbonyl (C=O) groups excluding carboxylic acids is 3. The Labute approximate surface area is 166 Å². The van der Waals surface area contributed by atoms with Crippen molar-refractivity contribution >= 4 is 46.6 Å². The molecule has 8 heteroatoms. The molecule has 0 aliphatic carbocycles. The van der Waals surface area contributed by atoms with E-state index in [2.05, 4.69) is 10.6 Å². The van der Waals surface area contributed by atoms with Crippen LogP contribution < -0.4 is 10.6 Å². The number of nitrogens with zero attached hydrogens (tertiary/aromatic N) is 1. The molecular weight excluding hydrogens is 389 g/mol. The fraction of sp³-hybridized carbons (Fsp3) is 0.211. The van der Waals surface area contributed by atoms with Gasteiger partial charge in [0.1, 0.15) is 6.04 Å². The van der Waals surface area contributed by atoms with E-state index in [0.717, 1.165) is 0 Å². The summed E-state index contributed by atoms with van der Waals surface area (Å²) in [7, 11) is 0. The standard InChI is InChI=1S/C19H17Cl2N3O3/c20-13-6-7-14(21)15(10-13)23-17(25)11-16-18(26)22-8-9-24(16)19(27)12-4-2-1-3-5-12/h1-7,10,16H,8-9,11H2,(H,22,26)(H,23,25)/t16-/m0/s1. The van der Waals surface area contributed by atoms with Crippen molar-refractivity contribution in [3.8, 4) is 0 Å².